The molecule has 2 heterocycles. The fourth-order valence-electron chi connectivity index (χ4n) is 4.01. The molecule has 0 atom stereocenters. The van der Waals surface area contributed by atoms with Crippen LogP contribution in [0.5, 0.6) is 0 Å². The number of nitrogens with zero attached hydrogens (tertiary/aromatic N) is 4. The lowest BCUT2D eigenvalue weighted by molar-refractivity contribution is -0.692. The highest BCUT2D eigenvalue weighted by atomic mass is 33.1. The average molecular weight is 664 g/mol. The van der Waals surface area contributed by atoms with Gasteiger partial charge in [-0.1, -0.05) is 70.2 Å². The Morgan fingerprint density at radius 2 is 0.844 bits per heavy atom. The minimum absolute atomic E-state index is 0.604. The summed E-state index contributed by atoms with van der Waals surface area (Å²) in [5.74, 6) is 2.18. The molecule has 0 amide bonds. The zero-order valence-electron chi connectivity index (χ0n) is 26.6. The number of hydrogen-bond donors (Lipinski definition) is 0. The molecule has 2 aromatic carbocycles. The van der Waals surface area contributed by atoms with E-state index in [0.29, 0.717) is 6.26 Å². The quantitative estimate of drug-likeness (QED) is 0.0755. The second-order valence-electron chi connectivity index (χ2n) is 10.7. The Labute approximate surface area is 277 Å². The Morgan fingerprint density at radius 3 is 1.11 bits per heavy atom. The lowest BCUT2D eigenvalue weighted by Crippen LogP contribution is -2.34. The standard InChI is InChI=1S/C34H40N4S2.CH4O3S/c1-35(2)33-13-9-29(10-14-33)5-7-31-17-21-37(22-18-31)25-27-39-40-28-26-38-23-19-32(20-24-38)8-6-30-11-15-34(16-12-30)36(3)4;1-5(2,3)4/h5-24H,25-28H2,1-4H3;1H3,(H,2,3,4)/q+2;/p-1. The Bertz CT molecular complexity index is 1490. The van der Waals surface area contributed by atoms with Gasteiger partial charge in [-0.2, -0.15) is 0 Å². The molecule has 2 aromatic heterocycles. The van der Waals surface area contributed by atoms with E-state index in [-0.39, 0.29) is 0 Å². The van der Waals surface area contributed by atoms with Gasteiger partial charge in [-0.3, -0.25) is 0 Å². The van der Waals surface area contributed by atoms with Crippen molar-refractivity contribution >= 4 is 67.4 Å². The van der Waals surface area contributed by atoms with Crippen molar-refractivity contribution in [3.8, 4) is 0 Å². The minimum Gasteiger partial charge on any atom is -0.748 e. The zero-order chi connectivity index (χ0) is 32.7. The first kappa shape index (κ1) is 35.9. The van der Waals surface area contributed by atoms with E-state index >= 15 is 0 Å². The summed E-state index contributed by atoms with van der Waals surface area (Å²) in [5, 5.41) is 0. The first-order valence-corrected chi connectivity index (χ1v) is 18.8. The molecule has 0 radical (unpaired) electrons. The van der Waals surface area contributed by atoms with Crippen molar-refractivity contribution in [1.29, 1.82) is 0 Å². The maximum absolute atomic E-state index is 9.08. The molecule has 45 heavy (non-hydrogen) atoms. The van der Waals surface area contributed by atoms with E-state index in [1.54, 1.807) is 0 Å². The maximum atomic E-state index is 9.08. The van der Waals surface area contributed by atoms with E-state index in [4.69, 9.17) is 13.0 Å². The van der Waals surface area contributed by atoms with Crippen LogP contribution in [-0.2, 0) is 23.2 Å². The van der Waals surface area contributed by atoms with Gasteiger partial charge < -0.3 is 14.4 Å². The van der Waals surface area contributed by atoms with Crippen molar-refractivity contribution in [2.75, 3.05) is 55.8 Å². The molecule has 0 N–H and O–H groups in total. The fraction of sp³-hybridized carbons (Fsp3) is 0.257. The van der Waals surface area contributed by atoms with Gasteiger partial charge in [0.05, 0.1) is 21.6 Å². The third kappa shape index (κ3) is 14.8. The van der Waals surface area contributed by atoms with E-state index < -0.39 is 10.1 Å². The predicted octanol–water partition coefficient (Wildman–Crippen LogP) is 5.98. The monoisotopic (exact) mass is 663 g/mol. The second kappa shape index (κ2) is 18.4. The number of aromatic nitrogens is 2. The lowest BCUT2D eigenvalue weighted by atomic mass is 10.1. The summed E-state index contributed by atoms with van der Waals surface area (Å²) in [6.07, 6.45) is 18.0. The van der Waals surface area contributed by atoms with Crippen LogP contribution in [0.25, 0.3) is 24.3 Å². The highest BCUT2D eigenvalue weighted by Crippen LogP contribution is 2.20. The van der Waals surface area contributed by atoms with Gasteiger partial charge in [0.2, 0.25) is 0 Å². The summed E-state index contributed by atoms with van der Waals surface area (Å²) >= 11 is 0. The minimum atomic E-state index is -3.92. The van der Waals surface area contributed by atoms with Gasteiger partial charge in [0, 0.05) is 70.1 Å². The SMILES string of the molecule is CN(C)c1ccc(/C=C/c2cc[n+](CCSSCC[n+]3ccc(/C=C/c4ccc(N(C)C)cc4)cc3)cc2)cc1.CS(=O)(=O)[O-]. The Hall–Kier alpha value is -3.57. The molecule has 0 spiro atoms. The normalized spacial score (nSPS) is 11.4. The predicted molar refractivity (Wildman–Crippen MR) is 193 cm³/mol. The molecule has 4 rings (SSSR count). The molecule has 0 fully saturated rings. The number of aryl methyl sites for hydroxylation is 2. The first-order valence-electron chi connectivity index (χ1n) is 14.5. The highest BCUT2D eigenvalue weighted by molar-refractivity contribution is 8.76. The molecule has 0 aliphatic rings. The summed E-state index contributed by atoms with van der Waals surface area (Å²) in [5.41, 5.74) is 7.29. The molecule has 0 bridgehead atoms. The molecular weight excluding hydrogens is 621 g/mol. The summed E-state index contributed by atoms with van der Waals surface area (Å²) in [7, 11) is 8.22. The number of benzene rings is 2. The van der Waals surface area contributed by atoms with Crippen LogP contribution in [0, 0.1) is 0 Å². The van der Waals surface area contributed by atoms with Crippen molar-refractivity contribution in [1.82, 2.24) is 0 Å². The number of anilines is 2. The molecular formula is C35H43N4O3S3+. The average Bonchev–Trinajstić information content (AvgIpc) is 3.01. The van der Waals surface area contributed by atoms with Gasteiger partial charge in [0.1, 0.15) is 0 Å². The highest BCUT2D eigenvalue weighted by Gasteiger charge is 2.04. The molecule has 7 nitrogen and oxygen atoms in total. The Balaban J connectivity index is 0.00000102. The molecule has 4 aromatic rings. The van der Waals surface area contributed by atoms with Crippen LogP contribution < -0.4 is 18.9 Å². The molecule has 238 valence electrons. The zero-order valence-corrected chi connectivity index (χ0v) is 29.1. The van der Waals surface area contributed by atoms with Crippen molar-refractivity contribution in [2.45, 2.75) is 13.1 Å². The third-order valence-electron chi connectivity index (χ3n) is 6.54. The van der Waals surface area contributed by atoms with E-state index in [1.807, 2.05) is 21.6 Å². The lowest BCUT2D eigenvalue weighted by Gasteiger charge is -2.11. The third-order valence-corrected chi connectivity index (χ3v) is 8.90. The molecule has 0 aliphatic heterocycles. The molecule has 0 saturated heterocycles. The van der Waals surface area contributed by atoms with Crippen LogP contribution in [0.3, 0.4) is 0 Å². The van der Waals surface area contributed by atoms with E-state index in [1.165, 1.54) is 33.6 Å². The van der Waals surface area contributed by atoms with E-state index in [0.717, 1.165) is 24.6 Å². The van der Waals surface area contributed by atoms with Crippen LogP contribution >= 0.6 is 21.6 Å². The van der Waals surface area contributed by atoms with Crippen LogP contribution in [0.1, 0.15) is 22.3 Å². The smallest absolute Gasteiger partial charge is 0.169 e. The molecule has 10 heteroatoms. The Kier molecular flexibility index (Phi) is 14.7. The number of hydrogen-bond acceptors (Lipinski definition) is 7. The van der Waals surface area contributed by atoms with Crippen LogP contribution in [-0.4, -0.2) is 58.9 Å². The van der Waals surface area contributed by atoms with Crippen molar-refractivity contribution in [3.63, 3.8) is 0 Å². The number of pyridine rings is 2. The van der Waals surface area contributed by atoms with Crippen LogP contribution in [0.2, 0.25) is 0 Å². The summed E-state index contributed by atoms with van der Waals surface area (Å²) in [6.45, 7) is 2.03. The summed E-state index contributed by atoms with van der Waals surface area (Å²) < 4.78 is 31.7. The fourth-order valence-corrected chi connectivity index (χ4v) is 5.97. The van der Waals surface area contributed by atoms with Crippen molar-refractivity contribution in [3.05, 3.63) is 120 Å². The molecule has 0 aliphatic carbocycles. The first-order chi connectivity index (χ1) is 21.5. The van der Waals surface area contributed by atoms with Crippen LogP contribution in [0.15, 0.2) is 97.6 Å². The maximum Gasteiger partial charge on any atom is 0.169 e. The largest absolute Gasteiger partial charge is 0.748 e. The summed E-state index contributed by atoms with van der Waals surface area (Å²) in [6, 6.07) is 25.9. The summed E-state index contributed by atoms with van der Waals surface area (Å²) in [4.78, 5) is 4.23. The van der Waals surface area contributed by atoms with Crippen molar-refractivity contribution in [2.24, 2.45) is 0 Å². The topological polar surface area (TPSA) is 71.4 Å². The van der Waals surface area contributed by atoms with E-state index in [9.17, 15) is 0 Å². The number of rotatable bonds is 13. The van der Waals surface area contributed by atoms with Gasteiger partial charge in [-0.05, 0) is 46.5 Å². The van der Waals surface area contributed by atoms with Crippen LogP contribution in [0.4, 0.5) is 11.4 Å². The van der Waals surface area contributed by atoms with E-state index in [2.05, 4.69) is 169 Å². The van der Waals surface area contributed by atoms with Gasteiger partial charge >= 0.3 is 0 Å². The van der Waals surface area contributed by atoms with Crippen molar-refractivity contribution < 1.29 is 22.1 Å². The molecule has 0 unspecified atom stereocenters. The van der Waals surface area contributed by atoms with Gasteiger partial charge in [0.25, 0.3) is 0 Å². The molecule has 0 saturated carbocycles. The van der Waals surface area contributed by atoms with Gasteiger partial charge in [0.15, 0.2) is 37.9 Å². The Morgan fingerprint density at radius 1 is 0.578 bits per heavy atom. The van der Waals surface area contributed by atoms with Gasteiger partial charge in [-0.25, -0.2) is 17.6 Å². The van der Waals surface area contributed by atoms with Gasteiger partial charge in [-0.15, -0.1) is 0 Å². The second-order valence-corrected chi connectivity index (χ2v) is 14.8.